The Kier molecular flexibility index (Phi) is 4.77. The molecule has 4 rings (SSSR count). The van der Waals surface area contributed by atoms with E-state index in [1.54, 1.807) is 6.07 Å². The van der Waals surface area contributed by atoms with Gasteiger partial charge in [0.2, 0.25) is 0 Å². The molecule has 0 saturated carbocycles. The Morgan fingerprint density at radius 3 is 2.52 bits per heavy atom. The average Bonchev–Trinajstić information content (AvgIpc) is 3.09. The summed E-state index contributed by atoms with van der Waals surface area (Å²) in [6, 6.07) is 15.9. The van der Waals surface area contributed by atoms with E-state index in [0.717, 1.165) is 35.0 Å². The van der Waals surface area contributed by atoms with Crippen molar-refractivity contribution < 1.29 is 19.9 Å². The number of aromatic nitrogens is 1. The van der Waals surface area contributed by atoms with Gasteiger partial charge in [-0.25, -0.2) is 0 Å². The van der Waals surface area contributed by atoms with Crippen molar-refractivity contribution in [2.45, 2.75) is 26.4 Å². The number of phenolic OH excluding ortho intramolecular Hbond substituents is 1. The fourth-order valence-electron chi connectivity index (χ4n) is 3.78. The monoisotopic (exact) mass is 365 g/mol. The van der Waals surface area contributed by atoms with Crippen molar-refractivity contribution in [1.29, 1.82) is 0 Å². The largest absolute Gasteiger partial charge is 0.507 e. The topological polar surface area (TPSA) is 60.2 Å². The van der Waals surface area contributed by atoms with Crippen molar-refractivity contribution in [1.82, 2.24) is 4.57 Å². The summed E-state index contributed by atoms with van der Waals surface area (Å²) < 4.78 is 13.8. The Balaban J connectivity index is 1.84. The van der Waals surface area contributed by atoms with Gasteiger partial charge >= 0.3 is 0 Å². The fraction of sp³-hybridized carbons (Fsp3) is 0.273. The third-order valence-corrected chi connectivity index (χ3v) is 4.95. The molecule has 1 atom stereocenters. The highest BCUT2D eigenvalue weighted by atomic mass is 16.5. The Hall–Kier alpha value is -2.92. The van der Waals surface area contributed by atoms with Crippen LogP contribution in [0.5, 0.6) is 17.2 Å². The van der Waals surface area contributed by atoms with Crippen LogP contribution in [-0.4, -0.2) is 22.9 Å². The number of para-hydroxylation sites is 1. The van der Waals surface area contributed by atoms with Gasteiger partial charge in [-0.3, -0.25) is 0 Å². The van der Waals surface area contributed by atoms with Crippen molar-refractivity contribution in [2.75, 3.05) is 13.2 Å². The molecule has 0 saturated heterocycles. The van der Waals surface area contributed by atoms with Crippen LogP contribution in [0.1, 0.15) is 36.7 Å². The van der Waals surface area contributed by atoms with Gasteiger partial charge in [0, 0.05) is 17.8 Å². The van der Waals surface area contributed by atoms with E-state index in [1.165, 1.54) is 5.56 Å². The predicted octanol–water partition coefficient (Wildman–Crippen LogP) is 3.15. The normalized spacial score (nSPS) is 15.6. The van der Waals surface area contributed by atoms with Gasteiger partial charge < -0.3 is 24.5 Å². The van der Waals surface area contributed by atoms with E-state index in [4.69, 9.17) is 9.47 Å². The van der Waals surface area contributed by atoms with Crippen molar-refractivity contribution >= 4 is 0 Å². The number of nitrogens with two attached hydrogens (primary N) is 1. The maximum absolute atomic E-state index is 10.4. The maximum atomic E-state index is 10.4. The second-order valence-electron chi connectivity index (χ2n) is 6.57. The van der Waals surface area contributed by atoms with Crippen molar-refractivity contribution in [3.8, 4) is 22.9 Å². The molecule has 3 aromatic rings. The van der Waals surface area contributed by atoms with Gasteiger partial charge in [-0.15, -0.1) is 0 Å². The molecule has 5 heteroatoms. The van der Waals surface area contributed by atoms with Gasteiger partial charge in [0.1, 0.15) is 12.3 Å². The number of hydrogen-bond acceptors (Lipinski definition) is 3. The SMILES string of the molecule is CCOc1cc2c(cc1OCC)-n1cccc1C(c1ccccc1O)[NH2+]C2. The summed E-state index contributed by atoms with van der Waals surface area (Å²) in [5.41, 5.74) is 4.32. The van der Waals surface area contributed by atoms with E-state index in [-0.39, 0.29) is 6.04 Å². The van der Waals surface area contributed by atoms with Gasteiger partial charge in [0.05, 0.1) is 30.2 Å². The molecule has 1 aliphatic rings. The molecular weight excluding hydrogens is 340 g/mol. The van der Waals surface area contributed by atoms with E-state index >= 15 is 0 Å². The zero-order valence-electron chi connectivity index (χ0n) is 15.7. The van der Waals surface area contributed by atoms with Gasteiger partial charge in [-0.05, 0) is 44.2 Å². The molecule has 0 amide bonds. The summed E-state index contributed by atoms with van der Waals surface area (Å²) in [6.45, 7) is 5.92. The minimum absolute atomic E-state index is 0.0136. The first-order valence-electron chi connectivity index (χ1n) is 9.44. The molecule has 1 aromatic heterocycles. The molecule has 27 heavy (non-hydrogen) atoms. The molecule has 1 aliphatic heterocycles. The van der Waals surface area contributed by atoms with Crippen LogP contribution in [0.3, 0.4) is 0 Å². The Labute approximate surface area is 159 Å². The molecule has 1 unspecified atom stereocenters. The first-order valence-corrected chi connectivity index (χ1v) is 9.44. The predicted molar refractivity (Wildman–Crippen MR) is 104 cm³/mol. The van der Waals surface area contributed by atoms with Crippen LogP contribution in [0.4, 0.5) is 0 Å². The molecule has 2 heterocycles. The molecule has 0 bridgehead atoms. The molecule has 5 nitrogen and oxygen atoms in total. The van der Waals surface area contributed by atoms with E-state index in [0.29, 0.717) is 19.0 Å². The molecule has 3 N–H and O–H groups in total. The van der Waals surface area contributed by atoms with Crippen LogP contribution in [0.25, 0.3) is 5.69 Å². The molecule has 0 aliphatic carbocycles. The number of fused-ring (bicyclic) bond motifs is 3. The number of ether oxygens (including phenoxy) is 2. The molecular formula is C22H25N2O3+. The van der Waals surface area contributed by atoms with Crippen LogP contribution < -0.4 is 14.8 Å². The summed E-state index contributed by atoms with van der Waals surface area (Å²) in [7, 11) is 0. The van der Waals surface area contributed by atoms with E-state index in [1.807, 2.05) is 38.1 Å². The minimum Gasteiger partial charge on any atom is -0.507 e. The molecule has 2 aromatic carbocycles. The van der Waals surface area contributed by atoms with E-state index < -0.39 is 0 Å². The minimum atomic E-state index is 0.0136. The molecule has 140 valence electrons. The highest BCUT2D eigenvalue weighted by molar-refractivity contribution is 5.56. The zero-order chi connectivity index (χ0) is 18.8. The van der Waals surface area contributed by atoms with Crippen molar-refractivity contribution in [3.05, 3.63) is 71.5 Å². The molecule has 0 spiro atoms. The number of rotatable bonds is 5. The first-order chi connectivity index (χ1) is 13.2. The number of nitrogens with zero attached hydrogens (tertiary/aromatic N) is 1. The number of benzene rings is 2. The number of phenols is 1. The van der Waals surface area contributed by atoms with Gasteiger partial charge in [-0.2, -0.15) is 0 Å². The van der Waals surface area contributed by atoms with Gasteiger partial charge in [-0.1, -0.05) is 12.1 Å². The third-order valence-electron chi connectivity index (χ3n) is 4.95. The lowest BCUT2D eigenvalue weighted by Gasteiger charge is -2.16. The van der Waals surface area contributed by atoms with Crippen molar-refractivity contribution in [3.63, 3.8) is 0 Å². The smallest absolute Gasteiger partial charge is 0.163 e. The molecule has 0 radical (unpaired) electrons. The van der Waals surface area contributed by atoms with Crippen LogP contribution in [0, 0.1) is 0 Å². The Bertz CT molecular complexity index is 948. The molecule has 0 fully saturated rings. The maximum Gasteiger partial charge on any atom is 0.163 e. The highest BCUT2D eigenvalue weighted by Crippen LogP contribution is 2.36. The van der Waals surface area contributed by atoms with Gasteiger partial charge in [0.25, 0.3) is 0 Å². The van der Waals surface area contributed by atoms with E-state index in [9.17, 15) is 5.11 Å². The highest BCUT2D eigenvalue weighted by Gasteiger charge is 2.29. The van der Waals surface area contributed by atoms with Crippen LogP contribution >= 0.6 is 0 Å². The second-order valence-corrected chi connectivity index (χ2v) is 6.57. The average molecular weight is 365 g/mol. The summed E-state index contributed by atoms with van der Waals surface area (Å²) >= 11 is 0. The summed E-state index contributed by atoms with van der Waals surface area (Å²) in [6.07, 6.45) is 2.07. The Morgan fingerprint density at radius 1 is 1.04 bits per heavy atom. The van der Waals surface area contributed by atoms with Crippen LogP contribution in [0.2, 0.25) is 0 Å². The summed E-state index contributed by atoms with van der Waals surface area (Å²) in [4.78, 5) is 0. The first kappa shape index (κ1) is 17.5. The third kappa shape index (κ3) is 3.15. The second kappa shape index (κ2) is 7.37. The Morgan fingerprint density at radius 2 is 1.78 bits per heavy atom. The number of quaternary nitrogens is 1. The van der Waals surface area contributed by atoms with E-state index in [2.05, 4.69) is 34.3 Å². The van der Waals surface area contributed by atoms with Crippen molar-refractivity contribution in [2.24, 2.45) is 0 Å². The lowest BCUT2D eigenvalue weighted by molar-refractivity contribution is -0.702. The number of aromatic hydroxyl groups is 1. The van der Waals surface area contributed by atoms with Crippen LogP contribution in [-0.2, 0) is 6.54 Å². The summed E-state index contributed by atoms with van der Waals surface area (Å²) in [5, 5.41) is 12.6. The lowest BCUT2D eigenvalue weighted by atomic mass is 10.0. The zero-order valence-corrected chi connectivity index (χ0v) is 15.7. The number of hydrogen-bond donors (Lipinski definition) is 2. The standard InChI is InChI=1S/C22H24N2O3/c1-3-26-20-12-15-14-23-22(16-8-5-6-10-19(16)25)17-9-7-11-24(17)18(15)13-21(20)27-4-2/h5-13,22-23,25H,3-4,14H2,1-2H3/p+1. The lowest BCUT2D eigenvalue weighted by Crippen LogP contribution is -2.83. The van der Waals surface area contributed by atoms with Gasteiger partial charge in [0.15, 0.2) is 17.5 Å². The quantitative estimate of drug-likeness (QED) is 0.730. The summed E-state index contributed by atoms with van der Waals surface area (Å²) in [5.74, 6) is 1.86. The fourth-order valence-corrected chi connectivity index (χ4v) is 3.78. The van der Waals surface area contributed by atoms with Crippen LogP contribution in [0.15, 0.2) is 54.7 Å².